The van der Waals surface area contributed by atoms with Gasteiger partial charge in [0.25, 0.3) is 0 Å². The molecule has 96 valence electrons. The van der Waals surface area contributed by atoms with Crippen LogP contribution in [0.4, 0.5) is 0 Å². The third-order valence-electron chi connectivity index (χ3n) is 2.58. The van der Waals surface area contributed by atoms with Crippen LogP contribution in [0.15, 0.2) is 28.9 Å². The SMILES string of the molecule is Cc1cc(Br)cc(-n2nncc2CNC(C)C)c1. The predicted octanol–water partition coefficient (Wildman–Crippen LogP) is 2.84. The van der Waals surface area contributed by atoms with Crippen LogP contribution < -0.4 is 5.32 Å². The minimum atomic E-state index is 0.442. The number of rotatable bonds is 4. The van der Waals surface area contributed by atoms with Gasteiger partial charge in [-0.2, -0.15) is 0 Å². The first-order valence-electron chi connectivity index (χ1n) is 5.97. The van der Waals surface area contributed by atoms with Gasteiger partial charge in [-0.1, -0.05) is 35.0 Å². The highest BCUT2D eigenvalue weighted by molar-refractivity contribution is 9.10. The third-order valence-corrected chi connectivity index (χ3v) is 3.04. The molecule has 1 aromatic heterocycles. The van der Waals surface area contributed by atoms with Crippen LogP contribution in [0.5, 0.6) is 0 Å². The van der Waals surface area contributed by atoms with E-state index in [9.17, 15) is 0 Å². The lowest BCUT2D eigenvalue weighted by Crippen LogP contribution is -2.23. The first-order valence-corrected chi connectivity index (χ1v) is 6.76. The van der Waals surface area contributed by atoms with E-state index in [1.54, 1.807) is 6.20 Å². The van der Waals surface area contributed by atoms with Gasteiger partial charge < -0.3 is 5.32 Å². The number of hydrogen-bond acceptors (Lipinski definition) is 3. The molecule has 4 nitrogen and oxygen atoms in total. The fraction of sp³-hybridized carbons (Fsp3) is 0.385. The number of nitrogens with zero attached hydrogens (tertiary/aromatic N) is 3. The molecule has 0 bridgehead atoms. The fourth-order valence-corrected chi connectivity index (χ4v) is 2.34. The summed E-state index contributed by atoms with van der Waals surface area (Å²) < 4.78 is 2.92. The average molecular weight is 309 g/mol. The number of nitrogens with one attached hydrogen (secondary N) is 1. The summed E-state index contributed by atoms with van der Waals surface area (Å²) in [6.45, 7) is 7.07. The van der Waals surface area contributed by atoms with Crippen molar-refractivity contribution in [2.45, 2.75) is 33.4 Å². The Labute approximate surface area is 116 Å². The van der Waals surface area contributed by atoms with E-state index in [4.69, 9.17) is 0 Å². The molecule has 0 aliphatic rings. The molecule has 0 atom stereocenters. The third kappa shape index (κ3) is 3.17. The molecule has 1 N–H and O–H groups in total. The van der Waals surface area contributed by atoms with Gasteiger partial charge in [0.1, 0.15) is 0 Å². The molecule has 0 aliphatic carbocycles. The Morgan fingerprint density at radius 3 is 2.78 bits per heavy atom. The highest BCUT2D eigenvalue weighted by Gasteiger charge is 2.07. The van der Waals surface area contributed by atoms with Crippen LogP contribution in [0.3, 0.4) is 0 Å². The minimum absolute atomic E-state index is 0.442. The summed E-state index contributed by atoms with van der Waals surface area (Å²) in [4.78, 5) is 0. The van der Waals surface area contributed by atoms with Crippen molar-refractivity contribution in [3.63, 3.8) is 0 Å². The Morgan fingerprint density at radius 1 is 1.33 bits per heavy atom. The van der Waals surface area contributed by atoms with Gasteiger partial charge in [0.2, 0.25) is 0 Å². The smallest absolute Gasteiger partial charge is 0.0783 e. The highest BCUT2D eigenvalue weighted by atomic mass is 79.9. The summed E-state index contributed by atoms with van der Waals surface area (Å²) in [5, 5.41) is 11.5. The minimum Gasteiger partial charge on any atom is -0.309 e. The second-order valence-electron chi connectivity index (χ2n) is 4.66. The van der Waals surface area contributed by atoms with E-state index in [2.05, 4.69) is 64.5 Å². The van der Waals surface area contributed by atoms with Crippen LogP contribution in [0.1, 0.15) is 25.1 Å². The van der Waals surface area contributed by atoms with Gasteiger partial charge in [-0.15, -0.1) is 5.10 Å². The first kappa shape index (κ1) is 13.2. The van der Waals surface area contributed by atoms with Crippen LogP contribution in [0, 0.1) is 6.92 Å². The molecule has 1 heterocycles. The lowest BCUT2D eigenvalue weighted by Gasteiger charge is -2.10. The van der Waals surface area contributed by atoms with Gasteiger partial charge in [0, 0.05) is 17.1 Å². The molecule has 0 spiro atoms. The van der Waals surface area contributed by atoms with Crippen LogP contribution >= 0.6 is 15.9 Å². The van der Waals surface area contributed by atoms with Gasteiger partial charge >= 0.3 is 0 Å². The summed E-state index contributed by atoms with van der Waals surface area (Å²) in [5.74, 6) is 0. The molecule has 5 heteroatoms. The van der Waals surface area contributed by atoms with Crippen molar-refractivity contribution >= 4 is 15.9 Å². The summed E-state index contributed by atoms with van der Waals surface area (Å²) >= 11 is 3.51. The number of aryl methyl sites for hydroxylation is 1. The molecule has 1 aromatic carbocycles. The van der Waals surface area contributed by atoms with E-state index in [-0.39, 0.29) is 0 Å². The molecule has 0 fully saturated rings. The Hall–Kier alpha value is -1.20. The standard InChI is InChI=1S/C13H17BrN4/c1-9(2)15-7-13-8-16-17-18(13)12-5-10(3)4-11(14)6-12/h4-6,8-9,15H,7H2,1-3H3. The average Bonchev–Trinajstić information content (AvgIpc) is 2.72. The maximum absolute atomic E-state index is 4.15. The molecule has 2 rings (SSSR count). The second-order valence-corrected chi connectivity index (χ2v) is 5.58. The summed E-state index contributed by atoms with van der Waals surface area (Å²) in [6.07, 6.45) is 1.80. The van der Waals surface area contributed by atoms with Gasteiger partial charge in [0.05, 0.1) is 17.6 Å². The highest BCUT2D eigenvalue weighted by Crippen LogP contribution is 2.19. The van der Waals surface area contributed by atoms with Crippen molar-refractivity contribution in [3.05, 3.63) is 40.1 Å². The largest absolute Gasteiger partial charge is 0.309 e. The first-order chi connectivity index (χ1) is 8.56. The van der Waals surface area contributed by atoms with Crippen LogP contribution in [-0.4, -0.2) is 21.0 Å². The van der Waals surface area contributed by atoms with E-state index >= 15 is 0 Å². The van der Waals surface area contributed by atoms with Gasteiger partial charge in [0.15, 0.2) is 0 Å². The fourth-order valence-electron chi connectivity index (χ4n) is 1.74. The summed E-state index contributed by atoms with van der Waals surface area (Å²) in [5.41, 5.74) is 3.28. The van der Waals surface area contributed by atoms with Gasteiger partial charge in [-0.05, 0) is 30.7 Å². The quantitative estimate of drug-likeness (QED) is 0.944. The Bertz CT molecular complexity index is 513. The van der Waals surface area contributed by atoms with Crippen molar-refractivity contribution in [1.82, 2.24) is 20.3 Å². The Morgan fingerprint density at radius 2 is 2.11 bits per heavy atom. The van der Waals surface area contributed by atoms with Crippen molar-refractivity contribution in [2.24, 2.45) is 0 Å². The lowest BCUT2D eigenvalue weighted by molar-refractivity contribution is 0.570. The zero-order chi connectivity index (χ0) is 13.1. The monoisotopic (exact) mass is 308 g/mol. The molecule has 2 aromatic rings. The zero-order valence-electron chi connectivity index (χ0n) is 10.8. The normalized spacial score (nSPS) is 11.2. The number of aromatic nitrogens is 3. The maximum atomic E-state index is 4.15. The van der Waals surface area contributed by atoms with Crippen molar-refractivity contribution in [2.75, 3.05) is 0 Å². The summed E-state index contributed by atoms with van der Waals surface area (Å²) in [6, 6.07) is 6.66. The van der Waals surface area contributed by atoms with E-state index < -0.39 is 0 Å². The van der Waals surface area contributed by atoms with E-state index in [1.807, 2.05) is 10.7 Å². The van der Waals surface area contributed by atoms with Crippen molar-refractivity contribution < 1.29 is 0 Å². The topological polar surface area (TPSA) is 42.7 Å². The summed E-state index contributed by atoms with van der Waals surface area (Å²) in [7, 11) is 0. The van der Waals surface area contributed by atoms with Crippen molar-refractivity contribution in [1.29, 1.82) is 0 Å². The van der Waals surface area contributed by atoms with E-state index in [0.29, 0.717) is 6.04 Å². The zero-order valence-corrected chi connectivity index (χ0v) is 12.4. The Balaban J connectivity index is 2.30. The molecule has 18 heavy (non-hydrogen) atoms. The number of benzene rings is 1. The molecular formula is C13H17BrN4. The van der Waals surface area contributed by atoms with Crippen LogP contribution in [0.25, 0.3) is 5.69 Å². The van der Waals surface area contributed by atoms with Crippen molar-refractivity contribution in [3.8, 4) is 5.69 Å². The number of hydrogen-bond donors (Lipinski definition) is 1. The molecule has 0 radical (unpaired) electrons. The Kier molecular flexibility index (Phi) is 4.14. The molecule has 0 unspecified atom stereocenters. The van der Waals surface area contributed by atoms with Gasteiger partial charge in [-0.3, -0.25) is 0 Å². The van der Waals surface area contributed by atoms with E-state index in [1.165, 1.54) is 5.56 Å². The molecule has 0 aliphatic heterocycles. The van der Waals surface area contributed by atoms with Crippen LogP contribution in [-0.2, 0) is 6.54 Å². The molecule has 0 saturated heterocycles. The number of halogens is 1. The van der Waals surface area contributed by atoms with Crippen LogP contribution in [0.2, 0.25) is 0 Å². The van der Waals surface area contributed by atoms with E-state index in [0.717, 1.165) is 22.4 Å². The molecular weight excluding hydrogens is 292 g/mol. The molecule has 0 amide bonds. The lowest BCUT2D eigenvalue weighted by atomic mass is 10.2. The second kappa shape index (κ2) is 5.63. The maximum Gasteiger partial charge on any atom is 0.0783 e. The van der Waals surface area contributed by atoms with Gasteiger partial charge in [-0.25, -0.2) is 4.68 Å². The predicted molar refractivity (Wildman–Crippen MR) is 75.8 cm³/mol. The molecule has 0 saturated carbocycles.